The molecule has 1 N–H and O–H groups in total. The smallest absolute Gasteiger partial charge is 0.254 e. The molecule has 1 aromatic carbocycles. The monoisotopic (exact) mass is 203 g/mol. The molecule has 0 saturated heterocycles. The lowest BCUT2D eigenvalue weighted by Crippen LogP contribution is -2.26. The lowest BCUT2D eigenvalue weighted by atomic mass is 10.1. The highest BCUT2D eigenvalue weighted by Gasteiger charge is 2.11. The van der Waals surface area contributed by atoms with Gasteiger partial charge in [0.2, 0.25) is 0 Å². The van der Waals surface area contributed by atoms with Gasteiger partial charge in [0, 0.05) is 12.6 Å². The molecule has 1 amide bonds. The quantitative estimate of drug-likeness (QED) is 0.738. The van der Waals surface area contributed by atoms with Crippen LogP contribution in [0.2, 0.25) is 0 Å². The summed E-state index contributed by atoms with van der Waals surface area (Å²) >= 11 is 0. The van der Waals surface area contributed by atoms with Crippen molar-refractivity contribution >= 4 is 5.91 Å². The Bertz CT molecular complexity index is 418. The van der Waals surface area contributed by atoms with Crippen LogP contribution < -0.4 is 0 Å². The van der Waals surface area contributed by atoms with E-state index in [0.29, 0.717) is 5.56 Å². The summed E-state index contributed by atoms with van der Waals surface area (Å²) in [4.78, 5) is 13.1. The molecule has 0 aliphatic rings. The van der Waals surface area contributed by atoms with Crippen molar-refractivity contribution in [3.05, 3.63) is 29.3 Å². The largest absolute Gasteiger partial charge is 0.508 e. The molecule has 3 nitrogen and oxygen atoms in total. The van der Waals surface area contributed by atoms with Gasteiger partial charge >= 0.3 is 0 Å². The van der Waals surface area contributed by atoms with Gasteiger partial charge < -0.3 is 10.0 Å². The Balaban J connectivity index is 2.93. The maximum Gasteiger partial charge on any atom is 0.254 e. The van der Waals surface area contributed by atoms with Crippen LogP contribution in [-0.2, 0) is 0 Å². The van der Waals surface area contributed by atoms with E-state index >= 15 is 0 Å². The molecule has 0 aliphatic carbocycles. The van der Waals surface area contributed by atoms with E-state index in [1.807, 2.05) is 0 Å². The first-order chi connectivity index (χ1) is 7.06. The molecule has 1 aromatic rings. The van der Waals surface area contributed by atoms with Gasteiger partial charge in [0.1, 0.15) is 5.75 Å². The predicted octanol–water partition coefficient (Wildman–Crippen LogP) is 1.41. The summed E-state index contributed by atoms with van der Waals surface area (Å²) in [5.74, 6) is 2.32. The third-order valence-corrected chi connectivity index (χ3v) is 2.13. The number of benzene rings is 1. The summed E-state index contributed by atoms with van der Waals surface area (Å²) in [6, 6.07) is 4.82. The van der Waals surface area contributed by atoms with Gasteiger partial charge in [-0.1, -0.05) is 12.0 Å². The molecule has 0 saturated carbocycles. The van der Waals surface area contributed by atoms with Crippen LogP contribution in [0.5, 0.6) is 5.75 Å². The zero-order valence-corrected chi connectivity index (χ0v) is 8.82. The second kappa shape index (κ2) is 4.52. The number of aryl methyl sites for hydroxylation is 1. The normalized spacial score (nSPS) is 9.40. The van der Waals surface area contributed by atoms with E-state index in [2.05, 4.69) is 5.92 Å². The van der Waals surface area contributed by atoms with Gasteiger partial charge in [0.15, 0.2) is 0 Å². The van der Waals surface area contributed by atoms with Crippen molar-refractivity contribution in [1.29, 1.82) is 0 Å². The van der Waals surface area contributed by atoms with Gasteiger partial charge in [-0.25, -0.2) is 0 Å². The Hall–Kier alpha value is -1.95. The van der Waals surface area contributed by atoms with E-state index in [4.69, 9.17) is 6.42 Å². The fourth-order valence-electron chi connectivity index (χ4n) is 1.17. The van der Waals surface area contributed by atoms with Crippen LogP contribution in [0, 0.1) is 19.3 Å². The number of aromatic hydroxyl groups is 1. The van der Waals surface area contributed by atoms with Gasteiger partial charge in [-0.3, -0.25) is 4.79 Å². The van der Waals surface area contributed by atoms with Gasteiger partial charge in [-0.15, -0.1) is 6.42 Å². The molecule has 78 valence electrons. The van der Waals surface area contributed by atoms with Crippen LogP contribution in [-0.4, -0.2) is 29.5 Å². The highest BCUT2D eigenvalue weighted by molar-refractivity contribution is 5.94. The van der Waals surface area contributed by atoms with Crippen LogP contribution in [0.15, 0.2) is 18.2 Å². The SMILES string of the molecule is C#CCN(C)C(=O)c1ccc(C)c(O)c1. The third kappa shape index (κ3) is 2.50. The first kappa shape index (κ1) is 11.1. The van der Waals surface area contributed by atoms with Crippen molar-refractivity contribution in [1.82, 2.24) is 4.90 Å². The molecule has 0 heterocycles. The maximum atomic E-state index is 11.7. The second-order valence-electron chi connectivity index (χ2n) is 3.37. The minimum atomic E-state index is -0.191. The fourth-order valence-corrected chi connectivity index (χ4v) is 1.17. The number of rotatable bonds is 2. The summed E-state index contributed by atoms with van der Waals surface area (Å²) in [7, 11) is 1.62. The zero-order valence-electron chi connectivity index (χ0n) is 8.82. The van der Waals surface area contributed by atoms with Crippen LogP contribution in [0.1, 0.15) is 15.9 Å². The van der Waals surface area contributed by atoms with Crippen molar-refractivity contribution in [3.8, 4) is 18.1 Å². The van der Waals surface area contributed by atoms with Crippen LogP contribution in [0.4, 0.5) is 0 Å². The number of carbonyl (C=O) groups is 1. The summed E-state index contributed by atoms with van der Waals surface area (Å²) < 4.78 is 0. The third-order valence-electron chi connectivity index (χ3n) is 2.13. The minimum Gasteiger partial charge on any atom is -0.508 e. The van der Waals surface area contributed by atoms with E-state index in [1.54, 1.807) is 26.1 Å². The number of nitrogens with zero attached hydrogens (tertiary/aromatic N) is 1. The highest BCUT2D eigenvalue weighted by Crippen LogP contribution is 2.18. The van der Waals surface area contributed by atoms with Crippen molar-refractivity contribution in [2.45, 2.75) is 6.92 Å². The number of hydrogen-bond donors (Lipinski definition) is 1. The summed E-state index contributed by atoms with van der Waals surface area (Å²) in [5.41, 5.74) is 1.18. The molecular formula is C12H13NO2. The van der Waals surface area contributed by atoms with E-state index in [0.717, 1.165) is 5.56 Å². The summed E-state index contributed by atoms with van der Waals surface area (Å²) in [6.45, 7) is 2.03. The van der Waals surface area contributed by atoms with Crippen LogP contribution >= 0.6 is 0 Å². The summed E-state index contributed by atoms with van der Waals surface area (Å²) in [5, 5.41) is 9.45. The highest BCUT2D eigenvalue weighted by atomic mass is 16.3. The molecule has 15 heavy (non-hydrogen) atoms. The topological polar surface area (TPSA) is 40.5 Å². The van der Waals surface area contributed by atoms with Crippen molar-refractivity contribution in [2.75, 3.05) is 13.6 Å². The van der Waals surface area contributed by atoms with Gasteiger partial charge in [0.25, 0.3) is 5.91 Å². The first-order valence-corrected chi connectivity index (χ1v) is 4.55. The Labute approximate surface area is 89.3 Å². The number of hydrogen-bond acceptors (Lipinski definition) is 2. The average molecular weight is 203 g/mol. The molecule has 1 rings (SSSR count). The minimum absolute atomic E-state index is 0.120. The van der Waals surface area contributed by atoms with Crippen molar-refractivity contribution < 1.29 is 9.90 Å². The lowest BCUT2D eigenvalue weighted by molar-refractivity contribution is 0.0812. The standard InChI is InChI=1S/C12H13NO2/c1-4-7-13(3)12(15)10-6-5-9(2)11(14)8-10/h1,5-6,8,14H,7H2,2-3H3. The number of amides is 1. The molecule has 0 unspecified atom stereocenters. The fraction of sp³-hybridized carbons (Fsp3) is 0.250. The van der Waals surface area contributed by atoms with Gasteiger partial charge in [-0.2, -0.15) is 0 Å². The Morgan fingerprint density at radius 1 is 1.60 bits per heavy atom. The van der Waals surface area contributed by atoms with Crippen molar-refractivity contribution in [3.63, 3.8) is 0 Å². The molecule has 0 radical (unpaired) electrons. The Morgan fingerprint density at radius 2 is 2.27 bits per heavy atom. The zero-order chi connectivity index (χ0) is 11.4. The van der Waals surface area contributed by atoms with E-state index in [-0.39, 0.29) is 18.2 Å². The number of terminal acetylenes is 1. The number of phenols is 1. The number of carbonyl (C=O) groups excluding carboxylic acids is 1. The summed E-state index contributed by atoms with van der Waals surface area (Å²) in [6.07, 6.45) is 5.11. The first-order valence-electron chi connectivity index (χ1n) is 4.55. The molecule has 0 aliphatic heterocycles. The molecule has 3 heteroatoms. The maximum absolute atomic E-state index is 11.7. The number of phenolic OH excluding ortho intramolecular Hbond substituents is 1. The van der Waals surface area contributed by atoms with Crippen molar-refractivity contribution in [2.24, 2.45) is 0 Å². The van der Waals surface area contributed by atoms with Crippen LogP contribution in [0.25, 0.3) is 0 Å². The second-order valence-corrected chi connectivity index (χ2v) is 3.37. The van der Waals surface area contributed by atoms with E-state index in [1.165, 1.54) is 11.0 Å². The van der Waals surface area contributed by atoms with E-state index in [9.17, 15) is 9.90 Å². The molecule has 0 bridgehead atoms. The predicted molar refractivity (Wildman–Crippen MR) is 58.6 cm³/mol. The average Bonchev–Trinajstić information content (AvgIpc) is 2.21. The Morgan fingerprint density at radius 3 is 2.80 bits per heavy atom. The molecule has 0 spiro atoms. The Kier molecular flexibility index (Phi) is 3.35. The van der Waals surface area contributed by atoms with Crippen LogP contribution in [0.3, 0.4) is 0 Å². The molecule has 0 fully saturated rings. The van der Waals surface area contributed by atoms with E-state index < -0.39 is 0 Å². The molecule has 0 atom stereocenters. The lowest BCUT2D eigenvalue weighted by Gasteiger charge is -2.14. The van der Waals surface area contributed by atoms with Gasteiger partial charge in [0.05, 0.1) is 6.54 Å². The molecular weight excluding hydrogens is 190 g/mol. The molecule has 0 aromatic heterocycles. The van der Waals surface area contributed by atoms with Gasteiger partial charge in [-0.05, 0) is 24.6 Å².